The van der Waals surface area contributed by atoms with E-state index >= 15 is 0 Å². The molecule has 0 unspecified atom stereocenters. The molecule has 0 radical (unpaired) electrons. The van der Waals surface area contributed by atoms with E-state index in [1.165, 1.54) is 0 Å². The van der Waals surface area contributed by atoms with Gasteiger partial charge in [0.05, 0.1) is 13.2 Å². The number of carbonyl (C=O) groups excluding carboxylic acids is 1. The molecule has 0 bridgehead atoms. The van der Waals surface area contributed by atoms with Crippen LogP contribution in [0.2, 0.25) is 5.02 Å². The van der Waals surface area contributed by atoms with Gasteiger partial charge in [0.15, 0.2) is 0 Å². The highest BCUT2D eigenvalue weighted by Crippen LogP contribution is 2.15. The van der Waals surface area contributed by atoms with Crippen molar-refractivity contribution in [2.45, 2.75) is 13.5 Å². The first-order chi connectivity index (χ1) is 8.69. The molecule has 0 aliphatic rings. The van der Waals surface area contributed by atoms with E-state index in [0.29, 0.717) is 24.7 Å². The van der Waals surface area contributed by atoms with Gasteiger partial charge in [-0.2, -0.15) is 0 Å². The third kappa shape index (κ3) is 4.64. The molecule has 0 fully saturated rings. The van der Waals surface area contributed by atoms with Gasteiger partial charge in [0.1, 0.15) is 6.61 Å². The Hall–Kier alpha value is -1.10. The second kappa shape index (κ2) is 8.08. The summed E-state index contributed by atoms with van der Waals surface area (Å²) in [4.78, 5) is 13.2. The van der Waals surface area contributed by atoms with E-state index in [1.54, 1.807) is 11.0 Å². The van der Waals surface area contributed by atoms with Crippen LogP contribution in [0.5, 0.6) is 0 Å². The summed E-state index contributed by atoms with van der Waals surface area (Å²) < 4.78 is 5.33. The van der Waals surface area contributed by atoms with Crippen molar-refractivity contribution in [1.29, 1.82) is 0 Å². The molecule has 0 aromatic heterocycles. The van der Waals surface area contributed by atoms with E-state index in [2.05, 4.69) is 0 Å². The normalized spacial score (nSPS) is 10.4. The van der Waals surface area contributed by atoms with E-state index < -0.39 is 0 Å². The molecule has 100 valence electrons. The summed E-state index contributed by atoms with van der Waals surface area (Å²) in [6.07, 6.45) is 0. The average Bonchev–Trinajstić information content (AvgIpc) is 2.38. The van der Waals surface area contributed by atoms with Crippen molar-refractivity contribution in [1.82, 2.24) is 4.90 Å². The highest BCUT2D eigenvalue weighted by atomic mass is 35.5. The Morgan fingerprint density at radius 1 is 1.44 bits per heavy atom. The van der Waals surface area contributed by atoms with Crippen molar-refractivity contribution in [3.63, 3.8) is 0 Å². The minimum absolute atomic E-state index is 0.000929. The monoisotopic (exact) mass is 271 g/mol. The number of nitrogens with zero attached hydrogens (tertiary/aromatic N) is 1. The minimum atomic E-state index is -0.126. The molecule has 1 aromatic rings. The lowest BCUT2D eigenvalue weighted by Gasteiger charge is -2.19. The number of halogens is 1. The first-order valence-corrected chi connectivity index (χ1v) is 6.26. The van der Waals surface area contributed by atoms with Crippen LogP contribution in [0.4, 0.5) is 0 Å². The van der Waals surface area contributed by atoms with Crippen molar-refractivity contribution < 1.29 is 14.6 Å². The van der Waals surface area contributed by atoms with Crippen LogP contribution in [0.15, 0.2) is 24.3 Å². The molecule has 0 aliphatic carbocycles. The lowest BCUT2D eigenvalue weighted by molar-refractivity contribution is -0.136. The molecule has 4 nitrogen and oxygen atoms in total. The van der Waals surface area contributed by atoms with Crippen LogP contribution in [0.25, 0.3) is 0 Å². The maximum Gasteiger partial charge on any atom is 0.248 e. The summed E-state index contributed by atoms with van der Waals surface area (Å²) in [5.74, 6) is -0.126. The molecule has 0 aliphatic heterocycles. The van der Waals surface area contributed by atoms with E-state index in [1.807, 2.05) is 25.1 Å². The third-order valence-corrected chi connectivity index (χ3v) is 2.91. The molecule has 1 amide bonds. The van der Waals surface area contributed by atoms with Crippen molar-refractivity contribution in [2.75, 3.05) is 26.3 Å². The van der Waals surface area contributed by atoms with E-state index in [4.69, 9.17) is 21.4 Å². The van der Waals surface area contributed by atoms with Gasteiger partial charge in [0, 0.05) is 18.1 Å². The Kier molecular flexibility index (Phi) is 6.72. The molecular formula is C13H18ClNO3. The van der Waals surface area contributed by atoms with Gasteiger partial charge in [-0.05, 0) is 18.6 Å². The van der Waals surface area contributed by atoms with E-state index in [9.17, 15) is 4.79 Å². The predicted molar refractivity (Wildman–Crippen MR) is 70.4 cm³/mol. The maximum atomic E-state index is 11.7. The molecule has 1 aromatic carbocycles. The number of benzene rings is 1. The lowest BCUT2D eigenvalue weighted by atomic mass is 10.2. The maximum absolute atomic E-state index is 11.7. The second-order valence-corrected chi connectivity index (χ2v) is 4.19. The standard InChI is InChI=1S/C13H18ClNO3/c1-2-15(7-8-16)13(17)10-18-9-11-5-3-4-6-12(11)14/h3-6,16H,2,7-10H2,1H3. The van der Waals surface area contributed by atoms with Crippen LogP contribution in [0, 0.1) is 0 Å². The molecule has 0 saturated heterocycles. The van der Waals surface area contributed by atoms with E-state index in [0.717, 1.165) is 5.56 Å². The van der Waals surface area contributed by atoms with Crippen LogP contribution in [0.3, 0.4) is 0 Å². The van der Waals surface area contributed by atoms with Crippen molar-refractivity contribution >= 4 is 17.5 Å². The number of likely N-dealkylation sites (N-methyl/N-ethyl adjacent to an activating group) is 1. The first kappa shape index (κ1) is 15.0. The number of rotatable bonds is 7. The first-order valence-electron chi connectivity index (χ1n) is 5.88. The Morgan fingerprint density at radius 3 is 2.78 bits per heavy atom. The van der Waals surface area contributed by atoms with Crippen molar-refractivity contribution in [2.24, 2.45) is 0 Å². The fourth-order valence-corrected chi connectivity index (χ4v) is 1.73. The fraction of sp³-hybridized carbons (Fsp3) is 0.462. The molecule has 0 spiro atoms. The van der Waals surface area contributed by atoms with E-state index in [-0.39, 0.29) is 19.1 Å². The summed E-state index contributed by atoms with van der Waals surface area (Å²) in [5.41, 5.74) is 0.858. The number of amides is 1. The lowest BCUT2D eigenvalue weighted by Crippen LogP contribution is -2.36. The minimum Gasteiger partial charge on any atom is -0.395 e. The van der Waals surface area contributed by atoms with Gasteiger partial charge in [0.25, 0.3) is 0 Å². The molecule has 1 rings (SSSR count). The molecular weight excluding hydrogens is 254 g/mol. The topological polar surface area (TPSA) is 49.8 Å². The highest BCUT2D eigenvalue weighted by Gasteiger charge is 2.11. The molecule has 0 atom stereocenters. The van der Waals surface area contributed by atoms with Gasteiger partial charge < -0.3 is 14.7 Å². The Labute approximate surface area is 112 Å². The smallest absolute Gasteiger partial charge is 0.248 e. The number of carbonyl (C=O) groups is 1. The molecule has 18 heavy (non-hydrogen) atoms. The molecule has 5 heteroatoms. The SMILES string of the molecule is CCN(CCO)C(=O)COCc1ccccc1Cl. The molecule has 0 heterocycles. The summed E-state index contributed by atoms with van der Waals surface area (Å²) in [5, 5.41) is 9.44. The molecule has 1 N–H and O–H groups in total. The highest BCUT2D eigenvalue weighted by molar-refractivity contribution is 6.31. The van der Waals surface area contributed by atoms with Crippen LogP contribution < -0.4 is 0 Å². The Bertz CT molecular complexity index is 384. The number of aliphatic hydroxyl groups excluding tert-OH is 1. The van der Waals surface area contributed by atoms with Gasteiger partial charge in [0.2, 0.25) is 5.91 Å². The van der Waals surface area contributed by atoms with Gasteiger partial charge in [-0.15, -0.1) is 0 Å². The quantitative estimate of drug-likeness (QED) is 0.821. The van der Waals surface area contributed by atoms with Gasteiger partial charge in [-0.1, -0.05) is 29.8 Å². The zero-order chi connectivity index (χ0) is 13.4. The Balaban J connectivity index is 2.37. The van der Waals surface area contributed by atoms with Gasteiger partial charge in [-0.25, -0.2) is 0 Å². The van der Waals surface area contributed by atoms with Crippen LogP contribution >= 0.6 is 11.6 Å². The summed E-state index contributed by atoms with van der Waals surface area (Å²) in [6, 6.07) is 7.36. The average molecular weight is 272 g/mol. The largest absolute Gasteiger partial charge is 0.395 e. The number of aliphatic hydroxyl groups is 1. The summed E-state index contributed by atoms with van der Waals surface area (Å²) in [7, 11) is 0. The number of hydrogen-bond donors (Lipinski definition) is 1. The fourth-order valence-electron chi connectivity index (χ4n) is 1.53. The summed E-state index contributed by atoms with van der Waals surface area (Å²) >= 11 is 5.97. The van der Waals surface area contributed by atoms with Crippen molar-refractivity contribution in [3.05, 3.63) is 34.9 Å². The Morgan fingerprint density at radius 2 is 2.17 bits per heavy atom. The van der Waals surface area contributed by atoms with Crippen LogP contribution in [0.1, 0.15) is 12.5 Å². The second-order valence-electron chi connectivity index (χ2n) is 3.78. The summed E-state index contributed by atoms with van der Waals surface area (Å²) in [6.45, 7) is 3.03. The number of ether oxygens (including phenoxy) is 1. The third-order valence-electron chi connectivity index (χ3n) is 2.55. The van der Waals surface area contributed by atoms with Gasteiger partial charge in [-0.3, -0.25) is 4.79 Å². The predicted octanol–water partition coefficient (Wildman–Crippen LogP) is 1.70. The zero-order valence-electron chi connectivity index (χ0n) is 10.4. The van der Waals surface area contributed by atoms with Crippen molar-refractivity contribution in [3.8, 4) is 0 Å². The number of hydrogen-bond acceptors (Lipinski definition) is 3. The van der Waals surface area contributed by atoms with Crippen LogP contribution in [-0.4, -0.2) is 42.2 Å². The molecule has 0 saturated carbocycles. The zero-order valence-corrected chi connectivity index (χ0v) is 11.2. The van der Waals surface area contributed by atoms with Crippen LogP contribution in [-0.2, 0) is 16.1 Å². The van der Waals surface area contributed by atoms with Gasteiger partial charge >= 0.3 is 0 Å².